The highest BCUT2D eigenvalue weighted by Crippen LogP contribution is 2.26. The third kappa shape index (κ3) is 6.76. The summed E-state index contributed by atoms with van der Waals surface area (Å²) in [6.45, 7) is 6.38. The molecule has 38 heavy (non-hydrogen) atoms. The molecule has 2 aromatic carbocycles. The van der Waals surface area contributed by atoms with E-state index in [4.69, 9.17) is 11.6 Å². The monoisotopic (exact) mass is 548 g/mol. The van der Waals surface area contributed by atoms with Crippen LogP contribution in [0, 0.1) is 13.8 Å². The van der Waals surface area contributed by atoms with Crippen molar-refractivity contribution >= 4 is 40.6 Å². The van der Waals surface area contributed by atoms with E-state index < -0.39 is 17.9 Å². The fraction of sp³-hybridized carbons (Fsp3) is 0.241. The Balaban J connectivity index is 1.41. The number of rotatable bonds is 10. The first-order valence-electron chi connectivity index (χ1n) is 12.3. The van der Waals surface area contributed by atoms with E-state index in [0.717, 1.165) is 38.0 Å². The van der Waals surface area contributed by atoms with E-state index in [-0.39, 0.29) is 6.42 Å². The molecule has 0 aliphatic rings. The first-order chi connectivity index (χ1) is 18.2. The molecule has 0 bridgehead atoms. The SMILES string of the molecule is CCc1cc(Cl)cc(C)c1C(=O)NC(Cc1ccc(-c2ncc(CNc3cc(C)ccn3)s2)cc1)C(=O)O. The lowest BCUT2D eigenvalue weighted by Gasteiger charge is -2.18. The number of nitrogens with zero attached hydrogens (tertiary/aromatic N) is 2. The number of carbonyl (C=O) groups is 2. The second-order valence-electron chi connectivity index (χ2n) is 9.08. The molecule has 0 saturated carbocycles. The van der Waals surface area contributed by atoms with Crippen LogP contribution in [0.3, 0.4) is 0 Å². The predicted octanol–water partition coefficient (Wildman–Crippen LogP) is 6.08. The Morgan fingerprint density at radius 2 is 1.84 bits per heavy atom. The molecule has 0 spiro atoms. The van der Waals surface area contributed by atoms with Crippen LogP contribution in [0.25, 0.3) is 10.6 Å². The lowest BCUT2D eigenvalue weighted by molar-refractivity contribution is -0.139. The lowest BCUT2D eigenvalue weighted by atomic mass is 9.98. The molecule has 0 aliphatic heterocycles. The van der Waals surface area contributed by atoms with Crippen LogP contribution in [0.15, 0.2) is 60.9 Å². The topological polar surface area (TPSA) is 104 Å². The largest absolute Gasteiger partial charge is 0.480 e. The summed E-state index contributed by atoms with van der Waals surface area (Å²) in [4.78, 5) is 34.9. The number of carboxylic acids is 1. The molecule has 1 atom stereocenters. The minimum absolute atomic E-state index is 0.159. The van der Waals surface area contributed by atoms with Gasteiger partial charge in [-0.1, -0.05) is 42.8 Å². The van der Waals surface area contributed by atoms with Gasteiger partial charge in [0.25, 0.3) is 5.91 Å². The summed E-state index contributed by atoms with van der Waals surface area (Å²) in [5.74, 6) is -0.682. The van der Waals surface area contributed by atoms with Crippen LogP contribution in [0.1, 0.15) is 44.4 Å². The van der Waals surface area contributed by atoms with Gasteiger partial charge in [-0.15, -0.1) is 11.3 Å². The van der Waals surface area contributed by atoms with Gasteiger partial charge in [-0.25, -0.2) is 14.8 Å². The Labute approximate surface area is 230 Å². The van der Waals surface area contributed by atoms with Crippen LogP contribution in [-0.4, -0.2) is 33.0 Å². The number of pyridine rings is 1. The normalized spacial score (nSPS) is 11.7. The number of anilines is 1. The first kappa shape index (κ1) is 27.3. The van der Waals surface area contributed by atoms with Crippen molar-refractivity contribution in [3.05, 3.63) is 98.6 Å². The van der Waals surface area contributed by atoms with Crippen molar-refractivity contribution in [2.24, 2.45) is 0 Å². The van der Waals surface area contributed by atoms with Crippen LogP contribution in [0.2, 0.25) is 5.02 Å². The number of hydrogen-bond acceptors (Lipinski definition) is 6. The summed E-state index contributed by atoms with van der Waals surface area (Å²) in [6.07, 6.45) is 4.39. The van der Waals surface area contributed by atoms with E-state index in [9.17, 15) is 14.7 Å². The minimum atomic E-state index is -1.09. The van der Waals surface area contributed by atoms with Crippen LogP contribution >= 0.6 is 22.9 Å². The van der Waals surface area contributed by atoms with Gasteiger partial charge in [-0.3, -0.25) is 4.79 Å². The number of thiazole rings is 1. The Kier molecular flexibility index (Phi) is 8.76. The zero-order valence-corrected chi connectivity index (χ0v) is 23.0. The van der Waals surface area contributed by atoms with Crippen LogP contribution in [0.4, 0.5) is 5.82 Å². The Hall–Kier alpha value is -3.75. The second-order valence-corrected chi connectivity index (χ2v) is 10.6. The summed E-state index contributed by atoms with van der Waals surface area (Å²) in [6, 6.07) is 13.9. The number of amides is 1. The Bertz CT molecular complexity index is 1450. The van der Waals surface area contributed by atoms with Gasteiger partial charge in [0.1, 0.15) is 16.9 Å². The summed E-state index contributed by atoms with van der Waals surface area (Å²) in [7, 11) is 0. The van der Waals surface area contributed by atoms with Crippen molar-refractivity contribution in [2.45, 2.75) is 46.2 Å². The average molecular weight is 549 g/mol. The maximum atomic E-state index is 13.0. The number of benzene rings is 2. The summed E-state index contributed by atoms with van der Waals surface area (Å²) >= 11 is 7.72. The molecular weight excluding hydrogens is 520 g/mol. The Morgan fingerprint density at radius 1 is 1.08 bits per heavy atom. The van der Waals surface area contributed by atoms with Crippen molar-refractivity contribution < 1.29 is 14.7 Å². The lowest BCUT2D eigenvalue weighted by Crippen LogP contribution is -2.42. The number of aromatic nitrogens is 2. The van der Waals surface area contributed by atoms with Crippen molar-refractivity contribution in [2.75, 3.05) is 5.32 Å². The molecule has 2 heterocycles. The number of aryl methyl sites for hydroxylation is 3. The zero-order valence-electron chi connectivity index (χ0n) is 21.4. The van der Waals surface area contributed by atoms with Gasteiger partial charge >= 0.3 is 5.97 Å². The fourth-order valence-corrected chi connectivity index (χ4v) is 5.35. The second kappa shape index (κ2) is 12.2. The average Bonchev–Trinajstić information content (AvgIpc) is 3.36. The molecule has 2 aromatic heterocycles. The van der Waals surface area contributed by atoms with E-state index in [0.29, 0.717) is 29.1 Å². The quantitative estimate of drug-likeness (QED) is 0.222. The fourth-order valence-electron chi connectivity index (χ4n) is 4.20. The number of nitrogens with one attached hydrogen (secondary N) is 2. The molecule has 0 saturated heterocycles. The molecule has 1 amide bonds. The predicted molar refractivity (Wildman–Crippen MR) is 152 cm³/mol. The molecule has 4 aromatic rings. The highest BCUT2D eigenvalue weighted by Gasteiger charge is 2.23. The number of carbonyl (C=O) groups excluding carboxylic acids is 1. The third-order valence-corrected chi connectivity index (χ3v) is 7.41. The Morgan fingerprint density at radius 3 is 2.53 bits per heavy atom. The molecule has 3 N–H and O–H groups in total. The van der Waals surface area contributed by atoms with Gasteiger partial charge < -0.3 is 15.7 Å². The van der Waals surface area contributed by atoms with E-state index in [1.54, 1.807) is 36.6 Å². The van der Waals surface area contributed by atoms with E-state index in [1.807, 2.05) is 56.4 Å². The van der Waals surface area contributed by atoms with E-state index in [2.05, 4.69) is 20.6 Å². The third-order valence-electron chi connectivity index (χ3n) is 6.15. The van der Waals surface area contributed by atoms with Crippen LogP contribution in [0.5, 0.6) is 0 Å². The number of hydrogen-bond donors (Lipinski definition) is 3. The van der Waals surface area contributed by atoms with Crippen LogP contribution < -0.4 is 10.6 Å². The van der Waals surface area contributed by atoms with Gasteiger partial charge in [0.05, 0.1) is 6.54 Å². The zero-order chi connectivity index (χ0) is 27.2. The molecule has 7 nitrogen and oxygen atoms in total. The molecule has 0 aliphatic carbocycles. The molecule has 0 fully saturated rings. The maximum Gasteiger partial charge on any atom is 0.326 e. The number of carboxylic acid groups (broad SMARTS) is 1. The highest BCUT2D eigenvalue weighted by molar-refractivity contribution is 7.15. The van der Waals surface area contributed by atoms with Gasteiger partial charge in [-0.05, 0) is 66.8 Å². The number of aliphatic carboxylic acids is 1. The van der Waals surface area contributed by atoms with E-state index >= 15 is 0 Å². The molecule has 0 radical (unpaired) electrons. The standard InChI is InChI=1S/C29H29ClN4O3S/c1-4-20-14-22(30)12-18(3)26(20)27(35)34-24(29(36)37)13-19-5-7-21(8-6-19)28-33-16-23(38-28)15-32-25-11-17(2)9-10-31-25/h5-12,14,16,24H,4,13,15H2,1-3H3,(H,31,32)(H,34,35)(H,36,37). The molecular formula is C29H29ClN4O3S. The van der Waals surface area contributed by atoms with Crippen LogP contribution in [-0.2, 0) is 24.2 Å². The van der Waals surface area contributed by atoms with Crippen molar-refractivity contribution in [1.82, 2.24) is 15.3 Å². The van der Waals surface area contributed by atoms with E-state index in [1.165, 1.54) is 0 Å². The van der Waals surface area contributed by atoms with Gasteiger partial charge in [-0.2, -0.15) is 0 Å². The van der Waals surface area contributed by atoms with Crippen molar-refractivity contribution in [3.8, 4) is 10.6 Å². The summed E-state index contributed by atoms with van der Waals surface area (Å²) in [5, 5.41) is 17.2. The van der Waals surface area contributed by atoms with Crippen molar-refractivity contribution in [3.63, 3.8) is 0 Å². The van der Waals surface area contributed by atoms with Gasteiger partial charge in [0.2, 0.25) is 0 Å². The molecule has 9 heteroatoms. The maximum absolute atomic E-state index is 13.0. The smallest absolute Gasteiger partial charge is 0.326 e. The molecule has 1 unspecified atom stereocenters. The first-order valence-corrected chi connectivity index (χ1v) is 13.5. The minimum Gasteiger partial charge on any atom is -0.480 e. The number of halogens is 1. The molecule has 196 valence electrons. The van der Waals surface area contributed by atoms with Gasteiger partial charge in [0.15, 0.2) is 0 Å². The highest BCUT2D eigenvalue weighted by atomic mass is 35.5. The van der Waals surface area contributed by atoms with Crippen molar-refractivity contribution in [1.29, 1.82) is 0 Å². The summed E-state index contributed by atoms with van der Waals surface area (Å²) < 4.78 is 0. The van der Waals surface area contributed by atoms with Gasteiger partial charge in [0, 0.05) is 39.8 Å². The summed E-state index contributed by atoms with van der Waals surface area (Å²) in [5.41, 5.74) is 4.87. The molecule has 4 rings (SSSR count).